The number of aromatic nitrogens is 5. The Morgan fingerprint density at radius 1 is 0.783 bits per heavy atom. The molecule has 0 unspecified atom stereocenters. The molecule has 7 rings (SSSR count). The van der Waals surface area contributed by atoms with Crippen molar-refractivity contribution in [2.45, 2.75) is 77.4 Å². The zero-order valence-electron chi connectivity index (χ0n) is 25.4. The SMILES string of the molecule is Cc1cccc2cc(CN(Cc3cc(C(F)(F)F)cc(C(F)(F)F)c3)c3nnn(CC4CC4)n3)c(N(CC3CC3)CC3CC3)nc12. The number of rotatable bonds is 12. The van der Waals surface area contributed by atoms with Crippen LogP contribution in [0.15, 0.2) is 42.5 Å². The fourth-order valence-electron chi connectivity index (χ4n) is 5.95. The maximum atomic E-state index is 13.8. The molecule has 0 bridgehead atoms. The molecule has 0 N–H and O–H groups in total. The predicted octanol–water partition coefficient (Wildman–Crippen LogP) is 7.81. The summed E-state index contributed by atoms with van der Waals surface area (Å²) in [5, 5.41) is 13.8. The van der Waals surface area contributed by atoms with Crippen LogP contribution in [0.25, 0.3) is 10.9 Å². The standard InChI is InChI=1S/C33H35F6N7/c1-20-3-2-4-25-13-26(30(40-29(20)25)44(15-21-5-6-21)16-22-7-8-22)19-45(31-41-43-46(42-31)18-23-9-10-23)17-24-11-27(32(34,35)36)14-28(12-24)33(37,38)39/h2-4,11-14,21-23H,5-10,15-19H2,1H3. The van der Waals surface area contributed by atoms with Crippen molar-refractivity contribution in [1.29, 1.82) is 0 Å². The molecule has 0 amide bonds. The minimum Gasteiger partial charge on any atom is -0.356 e. The van der Waals surface area contributed by atoms with E-state index < -0.39 is 23.5 Å². The van der Waals surface area contributed by atoms with Crippen molar-refractivity contribution >= 4 is 22.7 Å². The summed E-state index contributed by atoms with van der Waals surface area (Å²) in [5.74, 6) is 2.51. The predicted molar refractivity (Wildman–Crippen MR) is 161 cm³/mol. The molecule has 0 radical (unpaired) electrons. The van der Waals surface area contributed by atoms with Crippen LogP contribution in [0, 0.1) is 24.7 Å². The van der Waals surface area contributed by atoms with Crippen LogP contribution in [-0.4, -0.2) is 38.3 Å². The number of tetrazole rings is 1. The van der Waals surface area contributed by atoms with Crippen LogP contribution >= 0.6 is 0 Å². The average molecular weight is 644 g/mol. The number of pyridine rings is 1. The van der Waals surface area contributed by atoms with Gasteiger partial charge in [0.15, 0.2) is 0 Å². The molecule has 0 atom stereocenters. The molecule has 4 aromatic rings. The van der Waals surface area contributed by atoms with E-state index in [1.54, 1.807) is 4.90 Å². The number of aryl methyl sites for hydroxylation is 1. The van der Waals surface area contributed by atoms with Gasteiger partial charge in [-0.25, -0.2) is 4.98 Å². The summed E-state index contributed by atoms with van der Waals surface area (Å²) >= 11 is 0. The van der Waals surface area contributed by atoms with Crippen molar-refractivity contribution in [3.63, 3.8) is 0 Å². The van der Waals surface area contributed by atoms with Crippen LogP contribution < -0.4 is 9.80 Å². The first-order valence-corrected chi connectivity index (χ1v) is 15.8. The third-order valence-electron chi connectivity index (χ3n) is 8.98. The largest absolute Gasteiger partial charge is 0.416 e. The molecule has 0 spiro atoms. The van der Waals surface area contributed by atoms with E-state index in [2.05, 4.69) is 20.3 Å². The number of hydrogen-bond donors (Lipinski definition) is 0. The third-order valence-corrected chi connectivity index (χ3v) is 8.98. The number of para-hydroxylation sites is 1. The lowest BCUT2D eigenvalue weighted by molar-refractivity contribution is -0.143. The Bertz CT molecular complexity index is 1670. The van der Waals surface area contributed by atoms with Crippen molar-refractivity contribution < 1.29 is 26.3 Å². The van der Waals surface area contributed by atoms with Gasteiger partial charge >= 0.3 is 12.4 Å². The van der Waals surface area contributed by atoms with Crippen LogP contribution in [0.3, 0.4) is 0 Å². The van der Waals surface area contributed by atoms with Crippen molar-refractivity contribution in [2.75, 3.05) is 22.9 Å². The lowest BCUT2D eigenvalue weighted by Crippen LogP contribution is -2.32. The van der Waals surface area contributed by atoms with E-state index >= 15 is 0 Å². The molecule has 3 fully saturated rings. The molecule has 3 saturated carbocycles. The van der Waals surface area contributed by atoms with E-state index in [0.29, 0.717) is 24.3 Å². The third kappa shape index (κ3) is 7.23. The van der Waals surface area contributed by atoms with Crippen molar-refractivity contribution in [1.82, 2.24) is 25.2 Å². The molecule has 2 aromatic carbocycles. The highest BCUT2D eigenvalue weighted by atomic mass is 19.4. The summed E-state index contributed by atoms with van der Waals surface area (Å²) in [6, 6.07) is 9.64. The molecule has 244 valence electrons. The smallest absolute Gasteiger partial charge is 0.356 e. The summed E-state index contributed by atoms with van der Waals surface area (Å²) in [7, 11) is 0. The number of anilines is 2. The highest BCUT2D eigenvalue weighted by Gasteiger charge is 2.37. The number of nitrogens with zero attached hydrogens (tertiary/aromatic N) is 7. The van der Waals surface area contributed by atoms with Gasteiger partial charge in [-0.3, -0.25) is 0 Å². The zero-order chi connectivity index (χ0) is 32.2. The van der Waals surface area contributed by atoms with E-state index in [1.807, 2.05) is 31.2 Å². The number of halogens is 6. The number of fused-ring (bicyclic) bond motifs is 1. The second kappa shape index (κ2) is 11.7. The van der Waals surface area contributed by atoms with Gasteiger partial charge in [0, 0.05) is 37.1 Å². The van der Waals surface area contributed by atoms with E-state index in [4.69, 9.17) is 4.98 Å². The quantitative estimate of drug-likeness (QED) is 0.147. The minimum atomic E-state index is -4.95. The van der Waals surface area contributed by atoms with E-state index in [1.165, 1.54) is 4.80 Å². The Morgan fingerprint density at radius 3 is 2.00 bits per heavy atom. The Balaban J connectivity index is 1.31. The summed E-state index contributed by atoms with van der Waals surface area (Å²) in [4.78, 5) is 10.6. The molecular formula is C33H35F6N7. The van der Waals surface area contributed by atoms with Crippen LogP contribution in [0.5, 0.6) is 0 Å². The lowest BCUT2D eigenvalue weighted by Gasteiger charge is -2.29. The molecule has 46 heavy (non-hydrogen) atoms. The van der Waals surface area contributed by atoms with Gasteiger partial charge in [0.1, 0.15) is 5.82 Å². The molecule has 2 aromatic heterocycles. The lowest BCUT2D eigenvalue weighted by atomic mass is 10.0. The fraction of sp³-hybridized carbons (Fsp3) is 0.515. The van der Waals surface area contributed by atoms with Gasteiger partial charge < -0.3 is 9.80 Å². The van der Waals surface area contributed by atoms with Crippen molar-refractivity contribution in [2.24, 2.45) is 17.8 Å². The van der Waals surface area contributed by atoms with Crippen LogP contribution in [-0.2, 0) is 32.0 Å². The van der Waals surface area contributed by atoms with Gasteiger partial charge in [0.25, 0.3) is 5.95 Å². The van der Waals surface area contributed by atoms with Gasteiger partial charge in [-0.15, -0.1) is 5.10 Å². The Kier molecular flexibility index (Phi) is 7.83. The van der Waals surface area contributed by atoms with Crippen LogP contribution in [0.2, 0.25) is 0 Å². The topological polar surface area (TPSA) is 63.0 Å². The monoisotopic (exact) mass is 643 g/mol. The van der Waals surface area contributed by atoms with Gasteiger partial charge in [0.05, 0.1) is 23.2 Å². The van der Waals surface area contributed by atoms with Gasteiger partial charge in [-0.05, 0) is 104 Å². The van der Waals surface area contributed by atoms with E-state index in [-0.39, 0.29) is 30.7 Å². The second-order valence-electron chi connectivity index (χ2n) is 13.3. The first-order chi connectivity index (χ1) is 21.9. The van der Waals surface area contributed by atoms with Gasteiger partial charge in [-0.2, -0.15) is 31.1 Å². The molecule has 7 nitrogen and oxygen atoms in total. The summed E-state index contributed by atoms with van der Waals surface area (Å²) in [6.07, 6.45) is -3.19. The Labute approximate surface area is 262 Å². The maximum Gasteiger partial charge on any atom is 0.416 e. The number of hydrogen-bond acceptors (Lipinski definition) is 6. The molecule has 13 heteroatoms. The van der Waals surface area contributed by atoms with Gasteiger partial charge in [0.2, 0.25) is 0 Å². The average Bonchev–Trinajstić information content (AvgIpc) is 3.87. The van der Waals surface area contributed by atoms with E-state index in [9.17, 15) is 26.3 Å². The molecule has 3 aliphatic carbocycles. The summed E-state index contributed by atoms with van der Waals surface area (Å²) in [5.41, 5.74) is -0.170. The first-order valence-electron chi connectivity index (χ1n) is 15.8. The first kappa shape index (κ1) is 30.7. The molecule has 0 aliphatic heterocycles. The number of alkyl halides is 6. The normalized spacial score (nSPS) is 17.1. The summed E-state index contributed by atoms with van der Waals surface area (Å²) < 4.78 is 82.7. The second-order valence-corrected chi connectivity index (χ2v) is 13.3. The minimum absolute atomic E-state index is 0.116. The maximum absolute atomic E-state index is 13.8. The van der Waals surface area contributed by atoms with Crippen LogP contribution in [0.1, 0.15) is 66.3 Å². The highest BCUT2D eigenvalue weighted by molar-refractivity contribution is 5.84. The molecule has 2 heterocycles. The Hall–Kier alpha value is -3.90. The fourth-order valence-corrected chi connectivity index (χ4v) is 5.95. The van der Waals surface area contributed by atoms with Crippen molar-refractivity contribution in [3.8, 4) is 0 Å². The number of benzene rings is 2. The summed E-state index contributed by atoms with van der Waals surface area (Å²) in [6.45, 7) is 4.09. The van der Waals surface area contributed by atoms with E-state index in [0.717, 1.165) is 91.6 Å². The molecule has 3 aliphatic rings. The van der Waals surface area contributed by atoms with Crippen molar-refractivity contribution in [3.05, 3.63) is 70.3 Å². The van der Waals surface area contributed by atoms with Gasteiger partial charge in [-0.1, -0.05) is 23.3 Å². The zero-order valence-corrected chi connectivity index (χ0v) is 25.4. The van der Waals surface area contributed by atoms with Crippen LogP contribution in [0.4, 0.5) is 38.1 Å². The highest BCUT2D eigenvalue weighted by Crippen LogP contribution is 2.39. The molecule has 0 saturated heterocycles. The molecular weight excluding hydrogens is 608 g/mol. The Morgan fingerprint density at radius 2 is 1.41 bits per heavy atom.